The van der Waals surface area contributed by atoms with Gasteiger partial charge in [-0.25, -0.2) is 14.6 Å². The van der Waals surface area contributed by atoms with Crippen molar-refractivity contribution >= 4 is 29.4 Å². The lowest BCUT2D eigenvalue weighted by molar-refractivity contribution is -0.143. The first-order chi connectivity index (χ1) is 20.5. The first-order valence-electron chi connectivity index (χ1n) is 13.8. The summed E-state index contributed by atoms with van der Waals surface area (Å²) in [7, 11) is 2.94. The molecule has 0 saturated carbocycles. The minimum atomic E-state index is -0.718. The van der Waals surface area contributed by atoms with Crippen LogP contribution in [0.1, 0.15) is 59.7 Å². The van der Waals surface area contributed by atoms with Gasteiger partial charge in [-0.15, -0.1) is 0 Å². The van der Waals surface area contributed by atoms with Gasteiger partial charge in [0.15, 0.2) is 4.80 Å². The normalized spacial score (nSPS) is 14.9. The molecule has 2 aromatic heterocycles. The fourth-order valence-electron chi connectivity index (χ4n) is 5.32. The number of methoxy groups -OCH3 is 2. The monoisotopic (exact) mass is 599 g/mol. The van der Waals surface area contributed by atoms with Crippen molar-refractivity contribution < 1.29 is 23.8 Å². The van der Waals surface area contributed by atoms with Gasteiger partial charge in [0.2, 0.25) is 0 Å². The Labute approximate surface area is 253 Å². The van der Waals surface area contributed by atoms with Crippen LogP contribution in [0.5, 0.6) is 5.75 Å². The number of ether oxygens (including phenoxy) is 3. The highest BCUT2D eigenvalue weighted by Crippen LogP contribution is 2.32. The average Bonchev–Trinajstić information content (AvgIpc) is 3.44. The van der Waals surface area contributed by atoms with Crippen LogP contribution in [0.3, 0.4) is 0 Å². The number of hydrogen-bond acceptors (Lipinski definition) is 8. The second-order valence-corrected chi connectivity index (χ2v) is 11.5. The minimum absolute atomic E-state index is 0.260. The Bertz CT molecular complexity index is 1940. The average molecular weight is 600 g/mol. The molecular weight excluding hydrogens is 566 g/mol. The van der Waals surface area contributed by atoms with E-state index in [1.165, 1.54) is 18.4 Å². The molecular formula is C33H33N3O6S. The number of rotatable bonds is 7. The molecule has 4 aromatic rings. The van der Waals surface area contributed by atoms with Crippen LogP contribution in [-0.2, 0) is 14.3 Å². The highest BCUT2D eigenvalue weighted by Gasteiger charge is 2.34. The first kappa shape index (κ1) is 29.8. The van der Waals surface area contributed by atoms with Crippen molar-refractivity contribution in [3.63, 3.8) is 0 Å². The zero-order valence-electron chi connectivity index (χ0n) is 25.1. The van der Waals surface area contributed by atoms with Gasteiger partial charge < -0.3 is 18.8 Å². The Balaban J connectivity index is 1.66. The quantitative estimate of drug-likeness (QED) is 0.292. The van der Waals surface area contributed by atoms with Gasteiger partial charge in [0, 0.05) is 17.1 Å². The van der Waals surface area contributed by atoms with Crippen LogP contribution >= 0.6 is 11.3 Å². The molecule has 0 spiro atoms. The van der Waals surface area contributed by atoms with E-state index < -0.39 is 18.0 Å². The maximum absolute atomic E-state index is 14.1. The largest absolute Gasteiger partial charge is 0.497 e. The van der Waals surface area contributed by atoms with Crippen LogP contribution in [-0.4, -0.2) is 41.4 Å². The molecule has 5 rings (SSSR count). The second-order valence-electron chi connectivity index (χ2n) is 10.5. The molecule has 0 radical (unpaired) electrons. The summed E-state index contributed by atoms with van der Waals surface area (Å²) in [6, 6.07) is 15.8. The fraction of sp³-hybridized carbons (Fsp3) is 0.273. The topological polar surface area (TPSA) is 101 Å². The number of thiazole rings is 1. The number of fused-ring (bicyclic) bond motifs is 1. The zero-order chi connectivity index (χ0) is 31.0. The first-order valence-corrected chi connectivity index (χ1v) is 14.6. The summed E-state index contributed by atoms with van der Waals surface area (Å²) in [5.41, 5.74) is 5.24. The smallest absolute Gasteiger partial charge is 0.338 e. The van der Waals surface area contributed by atoms with Crippen molar-refractivity contribution in [2.75, 3.05) is 14.2 Å². The van der Waals surface area contributed by atoms with Crippen LogP contribution in [0.15, 0.2) is 75.7 Å². The molecule has 2 aromatic carbocycles. The van der Waals surface area contributed by atoms with Gasteiger partial charge >= 0.3 is 11.9 Å². The van der Waals surface area contributed by atoms with E-state index in [0.29, 0.717) is 31.9 Å². The Kier molecular flexibility index (Phi) is 8.23. The number of hydrogen-bond donors (Lipinski definition) is 0. The van der Waals surface area contributed by atoms with Crippen molar-refractivity contribution in [3.8, 4) is 11.4 Å². The number of esters is 2. The summed E-state index contributed by atoms with van der Waals surface area (Å²) in [5, 5.41) is 0. The van der Waals surface area contributed by atoms with Crippen molar-refractivity contribution in [1.82, 2.24) is 9.13 Å². The molecule has 0 amide bonds. The van der Waals surface area contributed by atoms with Crippen molar-refractivity contribution in [2.45, 2.75) is 46.8 Å². The molecule has 0 N–H and O–H groups in total. The molecule has 0 aliphatic carbocycles. The van der Waals surface area contributed by atoms with Crippen molar-refractivity contribution in [1.29, 1.82) is 0 Å². The second kappa shape index (κ2) is 11.9. The van der Waals surface area contributed by atoms with Crippen LogP contribution in [0, 0.1) is 13.8 Å². The Hall–Kier alpha value is -4.70. The standard InChI is InChI=1S/C33H33N3O6S/c1-18(2)42-32(39)28-20(4)34-33-36(29(28)22-11-13-26(40-6)14-12-22)30(37)27(43-33)17-24-15-19(3)35(21(24)5)25-10-8-9-23(16-25)31(38)41-7/h8-18,29H,1-7H3/b27-17+/t29-/m0/s1. The van der Waals surface area contributed by atoms with E-state index in [4.69, 9.17) is 14.2 Å². The zero-order valence-corrected chi connectivity index (χ0v) is 25.9. The maximum Gasteiger partial charge on any atom is 0.338 e. The minimum Gasteiger partial charge on any atom is -0.497 e. The van der Waals surface area contributed by atoms with E-state index >= 15 is 0 Å². The summed E-state index contributed by atoms with van der Waals surface area (Å²) in [6.07, 6.45) is 1.51. The molecule has 1 aliphatic rings. The SMILES string of the molecule is COC(=O)c1cccc(-n2c(C)cc(/C=c3/sc4n(c3=O)[C@@H](c3ccc(OC)cc3)C(C(=O)OC(C)C)=C(C)N=4)c2C)c1. The Morgan fingerprint density at radius 2 is 1.72 bits per heavy atom. The number of aryl methyl sites for hydroxylation is 1. The molecule has 3 heterocycles. The van der Waals surface area contributed by atoms with Crippen LogP contribution < -0.4 is 19.6 Å². The highest BCUT2D eigenvalue weighted by atomic mass is 32.1. The van der Waals surface area contributed by atoms with Gasteiger partial charge in [-0.1, -0.05) is 29.5 Å². The maximum atomic E-state index is 14.1. The summed E-state index contributed by atoms with van der Waals surface area (Å²) in [4.78, 5) is 44.7. The molecule has 9 nitrogen and oxygen atoms in total. The third-order valence-electron chi connectivity index (χ3n) is 7.30. The molecule has 0 fully saturated rings. The van der Waals surface area contributed by atoms with E-state index in [2.05, 4.69) is 4.99 Å². The van der Waals surface area contributed by atoms with Gasteiger partial charge in [-0.05, 0) is 88.2 Å². The summed E-state index contributed by atoms with van der Waals surface area (Å²) in [6.45, 7) is 9.27. The molecule has 0 saturated heterocycles. The van der Waals surface area contributed by atoms with E-state index in [-0.39, 0.29) is 11.7 Å². The van der Waals surface area contributed by atoms with E-state index in [0.717, 1.165) is 28.2 Å². The van der Waals surface area contributed by atoms with Crippen LogP contribution in [0.4, 0.5) is 0 Å². The van der Waals surface area contributed by atoms with E-state index in [1.807, 2.05) is 54.8 Å². The molecule has 0 bridgehead atoms. The number of allylic oxidation sites excluding steroid dienone is 1. The number of carbonyl (C=O) groups is 2. The van der Waals surface area contributed by atoms with Crippen molar-refractivity contribution in [3.05, 3.63) is 114 Å². The van der Waals surface area contributed by atoms with E-state index in [1.54, 1.807) is 56.7 Å². The molecule has 43 heavy (non-hydrogen) atoms. The number of benzene rings is 2. The molecule has 1 atom stereocenters. The van der Waals surface area contributed by atoms with Crippen LogP contribution in [0.2, 0.25) is 0 Å². The molecule has 222 valence electrons. The predicted molar refractivity (Wildman–Crippen MR) is 165 cm³/mol. The molecule has 10 heteroatoms. The summed E-state index contributed by atoms with van der Waals surface area (Å²) < 4.78 is 19.9. The van der Waals surface area contributed by atoms with Gasteiger partial charge in [0.25, 0.3) is 5.56 Å². The van der Waals surface area contributed by atoms with Gasteiger partial charge in [-0.2, -0.15) is 0 Å². The number of nitrogens with zero attached hydrogens (tertiary/aromatic N) is 3. The van der Waals surface area contributed by atoms with Crippen LogP contribution in [0.25, 0.3) is 11.8 Å². The molecule has 0 unspecified atom stereocenters. The molecule has 1 aliphatic heterocycles. The predicted octanol–water partition coefficient (Wildman–Crippen LogP) is 4.39. The highest BCUT2D eigenvalue weighted by molar-refractivity contribution is 7.07. The number of carbonyl (C=O) groups excluding carboxylic acids is 2. The lowest BCUT2D eigenvalue weighted by atomic mass is 9.96. The Morgan fingerprint density at radius 3 is 2.37 bits per heavy atom. The van der Waals surface area contributed by atoms with Gasteiger partial charge in [-0.3, -0.25) is 9.36 Å². The fourth-order valence-corrected chi connectivity index (χ4v) is 6.36. The lowest BCUT2D eigenvalue weighted by Crippen LogP contribution is -2.40. The van der Waals surface area contributed by atoms with Crippen molar-refractivity contribution in [2.24, 2.45) is 4.99 Å². The lowest BCUT2D eigenvalue weighted by Gasteiger charge is -2.25. The summed E-state index contributed by atoms with van der Waals surface area (Å²) in [5.74, 6) is -0.260. The van der Waals surface area contributed by atoms with Gasteiger partial charge in [0.1, 0.15) is 5.75 Å². The Morgan fingerprint density at radius 1 is 1.00 bits per heavy atom. The third-order valence-corrected chi connectivity index (χ3v) is 8.28. The van der Waals surface area contributed by atoms with Gasteiger partial charge in [0.05, 0.1) is 47.7 Å². The van der Waals surface area contributed by atoms with E-state index in [9.17, 15) is 14.4 Å². The third kappa shape index (κ3) is 5.58. The number of aromatic nitrogens is 2. The summed E-state index contributed by atoms with van der Waals surface area (Å²) >= 11 is 1.27.